The summed E-state index contributed by atoms with van der Waals surface area (Å²) < 4.78 is 0. The van der Waals surface area contributed by atoms with E-state index in [1.54, 1.807) is 0 Å². The van der Waals surface area contributed by atoms with Crippen LogP contribution in [0.3, 0.4) is 0 Å². The fraction of sp³-hybridized carbons (Fsp3) is 0.235. The minimum absolute atomic E-state index is 0.0140. The largest absolute Gasteiger partial charge is 0.380 e. The highest BCUT2D eigenvalue weighted by atomic mass is 15.2. The normalized spacial score (nSPS) is 17.6. The van der Waals surface area contributed by atoms with E-state index in [2.05, 4.69) is 278 Å². The zero-order valence-corrected chi connectivity index (χ0v) is 43.5. The minimum atomic E-state index is -0.456. The Kier molecular flexibility index (Phi) is 9.67. The maximum absolute atomic E-state index is 2.76. The van der Waals surface area contributed by atoms with E-state index >= 15 is 0 Å². The van der Waals surface area contributed by atoms with E-state index in [-0.39, 0.29) is 35.0 Å². The number of nitrogens with zero attached hydrogens (tertiary/aromatic N) is 3. The molecule has 2 atom stereocenters. The van der Waals surface area contributed by atoms with Gasteiger partial charge in [0.05, 0.1) is 11.5 Å². The average molecular weight is 934 g/mol. The summed E-state index contributed by atoms with van der Waals surface area (Å²) in [7, 11) is 0. The topological polar surface area (TPSA) is 9.72 Å². The van der Waals surface area contributed by atoms with Crippen molar-refractivity contribution in [3.8, 4) is 22.3 Å². The number of para-hydroxylation sites is 1. The van der Waals surface area contributed by atoms with Gasteiger partial charge in [0, 0.05) is 51.2 Å². The predicted molar refractivity (Wildman–Crippen MR) is 306 cm³/mol. The molecule has 3 aliphatic heterocycles. The van der Waals surface area contributed by atoms with Crippen molar-refractivity contribution in [2.24, 2.45) is 0 Å². The van der Waals surface area contributed by atoms with Crippen LogP contribution in [-0.4, -0.2) is 12.9 Å². The van der Waals surface area contributed by atoms with Crippen LogP contribution in [0.1, 0.15) is 101 Å². The summed E-state index contributed by atoms with van der Waals surface area (Å²) in [6.45, 7) is 23.0. The Morgan fingerprint density at radius 1 is 0.472 bits per heavy atom. The summed E-state index contributed by atoms with van der Waals surface area (Å²) in [4.78, 5) is 7.98. The Bertz CT molecular complexity index is 3450. The summed E-state index contributed by atoms with van der Waals surface area (Å²) in [5.41, 5.74) is 25.6. The third kappa shape index (κ3) is 6.43. The van der Waals surface area contributed by atoms with Crippen LogP contribution in [0.2, 0.25) is 5.82 Å². The van der Waals surface area contributed by atoms with Crippen LogP contribution < -0.4 is 20.1 Å². The second kappa shape index (κ2) is 15.6. The Morgan fingerprint density at radius 2 is 0.986 bits per heavy atom. The van der Waals surface area contributed by atoms with Crippen LogP contribution in [0.25, 0.3) is 22.3 Å². The number of rotatable bonds is 4. The average Bonchev–Trinajstić information content (AvgIpc) is 3.66. The Labute approximate surface area is 428 Å². The highest BCUT2D eigenvalue weighted by Crippen LogP contribution is 2.66. The van der Waals surface area contributed by atoms with Crippen LogP contribution in [0.5, 0.6) is 0 Å². The maximum Gasteiger partial charge on any atom is 0.306 e. The standard InChI is InChI=1S/C68H64BN3/c1-43-40-54-53-39-38-50(70(47-32-26-44(27-33-47)65(2,3)4)48-34-28-45(29-35-48)66(5,6)7)42-61(53)72(49-36-30-46(31-37-49)67(8,9)10)69-59-24-17-23-58-64(59)71(62(41-43)63(54)69)60-25-16-15-22-57(60)68(58)55-20-13-11-18-51(55)52-19-12-14-21-56(52)68/h11-42,59,64H,1-10H3. The van der Waals surface area contributed by atoms with Gasteiger partial charge in [0.25, 0.3) is 0 Å². The summed E-state index contributed by atoms with van der Waals surface area (Å²) in [5, 5.41) is 0. The number of benzene rings is 8. The van der Waals surface area contributed by atoms with E-state index in [1.807, 2.05) is 0 Å². The SMILES string of the molecule is Cc1cc2c3c(c1)N1c4ccccc4C4(C5=CC=CC(B3N(c3ccc(C(C)(C)C)cc3)c3cc(N(c6ccc(C(C)(C)C)cc6)c6ccc(C(C)(C)C)cc6)ccc3-2)C51)c1ccccc1-c1ccccc14. The number of hydrogen-bond donors (Lipinski definition) is 0. The van der Waals surface area contributed by atoms with Gasteiger partial charge in [0.15, 0.2) is 0 Å². The molecule has 0 aromatic heterocycles. The third-order valence-electron chi connectivity index (χ3n) is 16.8. The molecule has 0 radical (unpaired) electrons. The van der Waals surface area contributed by atoms with Crippen LogP contribution in [0.4, 0.5) is 39.8 Å². The zero-order chi connectivity index (χ0) is 49.6. The van der Waals surface area contributed by atoms with Gasteiger partial charge in [-0.1, -0.05) is 196 Å². The third-order valence-corrected chi connectivity index (χ3v) is 16.8. The summed E-state index contributed by atoms with van der Waals surface area (Å²) in [5.74, 6) is 0.0919. The molecular weight excluding hydrogens is 870 g/mol. The molecule has 0 bridgehead atoms. The molecule has 5 aliphatic rings. The highest BCUT2D eigenvalue weighted by molar-refractivity contribution is 6.84. The number of fused-ring (bicyclic) bond motifs is 13. The molecule has 8 aromatic carbocycles. The molecule has 2 unspecified atom stereocenters. The van der Waals surface area contributed by atoms with Gasteiger partial charge in [-0.3, -0.25) is 0 Å². The lowest BCUT2D eigenvalue weighted by Crippen LogP contribution is -2.65. The van der Waals surface area contributed by atoms with Crippen molar-refractivity contribution in [1.82, 2.24) is 0 Å². The van der Waals surface area contributed by atoms with Crippen LogP contribution in [0.15, 0.2) is 200 Å². The number of aryl methyl sites for hydroxylation is 1. The molecule has 2 aliphatic carbocycles. The molecule has 0 amide bonds. The van der Waals surface area contributed by atoms with Crippen molar-refractivity contribution >= 4 is 52.1 Å². The first-order valence-electron chi connectivity index (χ1n) is 26.2. The Hall–Kier alpha value is -7.30. The molecule has 4 heteroatoms. The van der Waals surface area contributed by atoms with Gasteiger partial charge in [-0.2, -0.15) is 0 Å². The molecule has 0 N–H and O–H groups in total. The number of hydrogen-bond acceptors (Lipinski definition) is 3. The first-order valence-corrected chi connectivity index (χ1v) is 26.2. The monoisotopic (exact) mass is 934 g/mol. The zero-order valence-electron chi connectivity index (χ0n) is 43.5. The molecule has 3 nitrogen and oxygen atoms in total. The number of allylic oxidation sites excluding steroid dienone is 2. The van der Waals surface area contributed by atoms with Crippen LogP contribution in [-0.2, 0) is 21.7 Å². The highest BCUT2D eigenvalue weighted by Gasteiger charge is 2.61. The van der Waals surface area contributed by atoms with Crippen molar-refractivity contribution < 1.29 is 0 Å². The molecular formula is C68H64BN3. The van der Waals surface area contributed by atoms with Gasteiger partial charge in [-0.15, -0.1) is 0 Å². The van der Waals surface area contributed by atoms with Crippen LogP contribution in [0, 0.1) is 6.92 Å². The first-order chi connectivity index (χ1) is 34.5. The van der Waals surface area contributed by atoms with E-state index in [4.69, 9.17) is 0 Å². The van der Waals surface area contributed by atoms with Gasteiger partial charge < -0.3 is 14.6 Å². The number of anilines is 7. The molecule has 13 rings (SSSR count). The molecule has 72 heavy (non-hydrogen) atoms. The second-order valence-electron chi connectivity index (χ2n) is 24.2. The molecule has 0 saturated carbocycles. The second-order valence-corrected chi connectivity index (χ2v) is 24.2. The quantitative estimate of drug-likeness (QED) is 0.163. The fourth-order valence-corrected chi connectivity index (χ4v) is 13.4. The van der Waals surface area contributed by atoms with Gasteiger partial charge in [0.2, 0.25) is 0 Å². The lowest BCUT2D eigenvalue weighted by atomic mass is 9.36. The molecule has 354 valence electrons. The van der Waals surface area contributed by atoms with Gasteiger partial charge in [-0.05, 0) is 151 Å². The van der Waals surface area contributed by atoms with Gasteiger partial charge in [0.1, 0.15) is 0 Å². The molecule has 0 fully saturated rings. The molecule has 1 spiro atoms. The van der Waals surface area contributed by atoms with Crippen molar-refractivity contribution in [2.45, 2.75) is 103 Å². The van der Waals surface area contributed by atoms with E-state index in [1.165, 1.54) is 95.0 Å². The smallest absolute Gasteiger partial charge is 0.306 e. The van der Waals surface area contributed by atoms with Crippen molar-refractivity contribution in [3.63, 3.8) is 0 Å². The van der Waals surface area contributed by atoms with E-state index < -0.39 is 5.41 Å². The fourth-order valence-electron chi connectivity index (χ4n) is 13.4. The van der Waals surface area contributed by atoms with E-state index in [0.29, 0.717) is 0 Å². The minimum Gasteiger partial charge on any atom is -0.380 e. The molecule has 3 heterocycles. The Morgan fingerprint density at radius 3 is 1.56 bits per heavy atom. The summed E-state index contributed by atoms with van der Waals surface area (Å²) in [6.07, 6.45) is 7.46. The summed E-state index contributed by atoms with van der Waals surface area (Å²) >= 11 is 0. The maximum atomic E-state index is 2.76. The summed E-state index contributed by atoms with van der Waals surface area (Å²) in [6, 6.07) is 68.2. The molecule has 8 aromatic rings. The Balaban J connectivity index is 1.07. The van der Waals surface area contributed by atoms with E-state index in [9.17, 15) is 0 Å². The lowest BCUT2D eigenvalue weighted by Gasteiger charge is -2.58. The van der Waals surface area contributed by atoms with Crippen molar-refractivity contribution in [3.05, 3.63) is 239 Å². The van der Waals surface area contributed by atoms with E-state index in [0.717, 1.165) is 17.1 Å². The lowest BCUT2D eigenvalue weighted by molar-refractivity contribution is 0.580. The first kappa shape index (κ1) is 44.6. The predicted octanol–water partition coefficient (Wildman–Crippen LogP) is 17.1. The van der Waals surface area contributed by atoms with Gasteiger partial charge >= 0.3 is 6.85 Å². The molecule has 0 saturated heterocycles. The van der Waals surface area contributed by atoms with Crippen molar-refractivity contribution in [2.75, 3.05) is 14.6 Å². The van der Waals surface area contributed by atoms with Crippen LogP contribution >= 0.6 is 0 Å². The van der Waals surface area contributed by atoms with Crippen molar-refractivity contribution in [1.29, 1.82) is 0 Å². The van der Waals surface area contributed by atoms with Gasteiger partial charge in [-0.25, -0.2) is 0 Å².